The minimum Gasteiger partial charge on any atom is -0.493 e. The highest BCUT2D eigenvalue weighted by Gasteiger charge is 2.04. The normalized spacial score (nSPS) is 9.65. The van der Waals surface area contributed by atoms with Gasteiger partial charge in [0.1, 0.15) is 0 Å². The van der Waals surface area contributed by atoms with Gasteiger partial charge < -0.3 is 25.0 Å². The fraction of sp³-hybridized carbons (Fsp3) is 0.222. The first-order valence-corrected chi connectivity index (χ1v) is 7.87. The van der Waals surface area contributed by atoms with Crippen LogP contribution in [-0.4, -0.2) is 36.4 Å². The summed E-state index contributed by atoms with van der Waals surface area (Å²) in [7, 11) is 3.28. The summed E-state index contributed by atoms with van der Waals surface area (Å²) in [6.45, 7) is 1.56. The molecule has 0 atom stereocenters. The van der Waals surface area contributed by atoms with E-state index in [9.17, 15) is 0 Å². The topological polar surface area (TPSA) is 105 Å². The lowest BCUT2D eigenvalue weighted by Crippen LogP contribution is -2.12. The number of methoxy groups -OCH3 is 2. The van der Waals surface area contributed by atoms with Crippen LogP contribution in [0.2, 0.25) is 5.02 Å². The highest BCUT2D eigenvalue weighted by molar-refractivity contribution is 6.30. The van der Waals surface area contributed by atoms with Crippen LogP contribution in [0.25, 0.3) is 0 Å². The van der Waals surface area contributed by atoms with Gasteiger partial charge in [-0.2, -0.15) is 0 Å². The molecule has 0 saturated carbocycles. The van der Waals surface area contributed by atoms with Crippen LogP contribution >= 0.6 is 11.6 Å². The van der Waals surface area contributed by atoms with Gasteiger partial charge in [0.25, 0.3) is 0 Å². The number of carbonyl (C=O) groups is 2. The molecule has 0 unspecified atom stereocenters. The van der Waals surface area contributed by atoms with E-state index in [-0.39, 0.29) is 0 Å². The van der Waals surface area contributed by atoms with E-state index in [0.29, 0.717) is 0 Å². The van der Waals surface area contributed by atoms with Gasteiger partial charge in [-0.3, -0.25) is 0 Å². The molecule has 2 aromatic carbocycles. The molecule has 0 radical (unpaired) electrons. The van der Waals surface area contributed by atoms with Gasteiger partial charge in [-0.05, 0) is 35.4 Å². The van der Waals surface area contributed by atoms with Crippen molar-refractivity contribution >= 4 is 23.5 Å². The maximum Gasteiger partial charge on any atom is 0.414 e. The van der Waals surface area contributed by atoms with Gasteiger partial charge in [0, 0.05) is 18.1 Å². The molecule has 2 aromatic rings. The summed E-state index contributed by atoms with van der Waals surface area (Å²) >= 11 is 5.86. The van der Waals surface area contributed by atoms with Crippen molar-refractivity contribution in [2.24, 2.45) is 0 Å². The molecule has 0 aromatic heterocycles. The molecule has 0 aliphatic carbocycles. The zero-order valence-electron chi connectivity index (χ0n) is 14.4. The number of hydrogen-bond donors (Lipinski definition) is 3. The van der Waals surface area contributed by atoms with E-state index in [1.165, 1.54) is 5.56 Å². The highest BCUT2D eigenvalue weighted by atomic mass is 35.5. The first-order chi connectivity index (χ1) is 12.4. The Morgan fingerprint density at radius 2 is 1.38 bits per heavy atom. The number of rotatable bonds is 6. The summed E-state index contributed by atoms with van der Waals surface area (Å²) in [5.41, 5.74) is 2.35. The molecule has 0 aliphatic heterocycles. The van der Waals surface area contributed by atoms with E-state index < -0.39 is 11.9 Å². The van der Waals surface area contributed by atoms with Crippen LogP contribution in [0.5, 0.6) is 11.5 Å². The van der Waals surface area contributed by atoms with E-state index in [2.05, 4.69) is 5.32 Å². The van der Waals surface area contributed by atoms with E-state index >= 15 is 0 Å². The third-order valence-corrected chi connectivity index (χ3v) is 3.45. The lowest BCUT2D eigenvalue weighted by molar-refractivity contribution is -0.159. The molecular weight excluding hydrogens is 362 g/mol. The van der Waals surface area contributed by atoms with Crippen LogP contribution in [0.15, 0.2) is 42.5 Å². The van der Waals surface area contributed by atoms with Crippen LogP contribution in [-0.2, 0) is 22.7 Å². The maximum absolute atomic E-state index is 9.10. The smallest absolute Gasteiger partial charge is 0.414 e. The van der Waals surface area contributed by atoms with Crippen molar-refractivity contribution in [3.05, 3.63) is 58.6 Å². The molecule has 3 N–H and O–H groups in total. The van der Waals surface area contributed by atoms with E-state index in [4.69, 9.17) is 40.9 Å². The number of halogens is 1. The zero-order valence-corrected chi connectivity index (χ0v) is 15.1. The van der Waals surface area contributed by atoms with Gasteiger partial charge in [-0.25, -0.2) is 9.59 Å². The Morgan fingerprint density at radius 1 is 0.885 bits per heavy atom. The molecule has 0 spiro atoms. The molecular formula is C18H20ClNO6. The Morgan fingerprint density at radius 3 is 1.88 bits per heavy atom. The lowest BCUT2D eigenvalue weighted by Gasteiger charge is -2.10. The zero-order chi connectivity index (χ0) is 19.5. The molecule has 26 heavy (non-hydrogen) atoms. The summed E-state index contributed by atoms with van der Waals surface area (Å²) in [4.78, 5) is 18.2. The Kier molecular flexibility index (Phi) is 8.97. The second-order valence-corrected chi connectivity index (χ2v) is 5.47. The number of hydrogen-bond acceptors (Lipinski definition) is 5. The quantitative estimate of drug-likeness (QED) is 0.661. The summed E-state index contributed by atoms with van der Waals surface area (Å²) < 4.78 is 10.5. The van der Waals surface area contributed by atoms with Crippen LogP contribution in [0.1, 0.15) is 11.1 Å². The molecule has 0 bridgehead atoms. The Labute approximate surface area is 156 Å². The summed E-state index contributed by atoms with van der Waals surface area (Å²) in [6, 6.07) is 13.7. The Hall–Kier alpha value is -2.77. The molecule has 2 rings (SSSR count). The SMILES string of the molecule is COc1ccc(CNCc2ccc(Cl)cc2)cc1OC.O=C(O)C(=O)O. The van der Waals surface area contributed by atoms with Gasteiger partial charge in [0.15, 0.2) is 11.5 Å². The average Bonchev–Trinajstić information content (AvgIpc) is 2.63. The standard InChI is InChI=1S/C16H18ClNO2.C2H2O4/c1-19-15-8-5-13(9-16(15)20-2)11-18-10-12-3-6-14(17)7-4-12;3-1(4)2(5)6/h3-9,18H,10-11H2,1-2H3;(H,3,4)(H,5,6). The predicted octanol–water partition coefficient (Wildman–Crippen LogP) is 2.80. The lowest BCUT2D eigenvalue weighted by atomic mass is 10.2. The van der Waals surface area contributed by atoms with Gasteiger partial charge in [-0.1, -0.05) is 29.8 Å². The van der Waals surface area contributed by atoms with Gasteiger partial charge in [-0.15, -0.1) is 0 Å². The van der Waals surface area contributed by atoms with Crippen molar-refractivity contribution in [3.63, 3.8) is 0 Å². The maximum atomic E-state index is 9.10. The first kappa shape index (κ1) is 21.3. The van der Waals surface area contributed by atoms with Crippen LogP contribution < -0.4 is 14.8 Å². The van der Waals surface area contributed by atoms with Crippen molar-refractivity contribution in [2.75, 3.05) is 14.2 Å². The number of carboxylic acids is 2. The van der Waals surface area contributed by atoms with Crippen LogP contribution in [0, 0.1) is 0 Å². The molecule has 0 heterocycles. The second-order valence-electron chi connectivity index (χ2n) is 5.03. The largest absolute Gasteiger partial charge is 0.493 e. The highest BCUT2D eigenvalue weighted by Crippen LogP contribution is 2.27. The van der Waals surface area contributed by atoms with E-state index in [0.717, 1.165) is 35.2 Å². The molecule has 7 nitrogen and oxygen atoms in total. The third kappa shape index (κ3) is 7.42. The third-order valence-electron chi connectivity index (χ3n) is 3.20. The van der Waals surface area contributed by atoms with Gasteiger partial charge >= 0.3 is 11.9 Å². The number of ether oxygens (including phenoxy) is 2. The molecule has 0 amide bonds. The second kappa shape index (κ2) is 11.0. The van der Waals surface area contributed by atoms with Crippen molar-refractivity contribution in [1.82, 2.24) is 5.32 Å². The molecule has 8 heteroatoms. The van der Waals surface area contributed by atoms with Gasteiger partial charge in [0.2, 0.25) is 0 Å². The number of carboxylic acid groups (broad SMARTS) is 2. The van der Waals surface area contributed by atoms with E-state index in [1.807, 2.05) is 42.5 Å². The monoisotopic (exact) mass is 381 g/mol. The van der Waals surface area contributed by atoms with E-state index in [1.54, 1.807) is 14.2 Å². The molecule has 0 aliphatic rings. The van der Waals surface area contributed by atoms with Crippen LogP contribution in [0.3, 0.4) is 0 Å². The number of benzene rings is 2. The minimum absolute atomic E-state index is 0.744. The fourth-order valence-electron chi connectivity index (χ4n) is 1.94. The van der Waals surface area contributed by atoms with Crippen molar-refractivity contribution in [2.45, 2.75) is 13.1 Å². The van der Waals surface area contributed by atoms with Crippen molar-refractivity contribution < 1.29 is 29.3 Å². The summed E-state index contributed by atoms with van der Waals surface area (Å²) in [6.07, 6.45) is 0. The fourth-order valence-corrected chi connectivity index (χ4v) is 2.07. The average molecular weight is 382 g/mol. The molecule has 0 fully saturated rings. The van der Waals surface area contributed by atoms with Crippen molar-refractivity contribution in [3.8, 4) is 11.5 Å². The number of aliphatic carboxylic acids is 2. The van der Waals surface area contributed by atoms with Crippen LogP contribution in [0.4, 0.5) is 0 Å². The molecule has 140 valence electrons. The molecule has 0 saturated heterocycles. The van der Waals surface area contributed by atoms with Crippen molar-refractivity contribution in [1.29, 1.82) is 0 Å². The summed E-state index contributed by atoms with van der Waals surface area (Å²) in [5, 5.41) is 18.9. The Bertz CT molecular complexity index is 721. The minimum atomic E-state index is -1.82. The number of nitrogens with one attached hydrogen (secondary N) is 1. The first-order valence-electron chi connectivity index (χ1n) is 7.49. The predicted molar refractivity (Wildman–Crippen MR) is 96.8 cm³/mol. The Balaban J connectivity index is 0.000000487. The summed E-state index contributed by atoms with van der Waals surface area (Å²) in [5.74, 6) is -2.16. The van der Waals surface area contributed by atoms with Gasteiger partial charge in [0.05, 0.1) is 14.2 Å².